The van der Waals surface area contributed by atoms with Crippen molar-refractivity contribution in [2.75, 3.05) is 18.2 Å². The van der Waals surface area contributed by atoms with Crippen LogP contribution < -0.4 is 21.1 Å². The predicted molar refractivity (Wildman–Crippen MR) is 108 cm³/mol. The van der Waals surface area contributed by atoms with E-state index in [1.807, 2.05) is 49.4 Å². The van der Waals surface area contributed by atoms with E-state index in [9.17, 15) is 9.59 Å². The molecular formula is C20H22N6O3. The third-order valence-corrected chi connectivity index (χ3v) is 4.29. The third-order valence-electron chi connectivity index (χ3n) is 4.29. The molecule has 0 aliphatic heterocycles. The van der Waals surface area contributed by atoms with Crippen LogP contribution >= 0.6 is 0 Å². The van der Waals surface area contributed by atoms with Crippen molar-refractivity contribution in [3.63, 3.8) is 0 Å². The summed E-state index contributed by atoms with van der Waals surface area (Å²) in [5.74, 6) is -0.0786. The number of rotatable bonds is 7. The van der Waals surface area contributed by atoms with E-state index >= 15 is 0 Å². The maximum atomic E-state index is 12.4. The quantitative estimate of drug-likeness (QED) is 0.561. The maximum Gasteiger partial charge on any atom is 0.275 e. The number of amides is 2. The first-order valence-electron chi connectivity index (χ1n) is 8.93. The molecule has 0 aliphatic carbocycles. The van der Waals surface area contributed by atoms with E-state index in [1.165, 1.54) is 4.68 Å². The van der Waals surface area contributed by atoms with E-state index < -0.39 is 5.91 Å². The number of nitrogens with two attached hydrogens (primary N) is 1. The molecule has 9 heteroatoms. The molecular weight excluding hydrogens is 372 g/mol. The molecule has 0 aliphatic rings. The molecule has 0 saturated heterocycles. The Morgan fingerprint density at radius 1 is 1.17 bits per heavy atom. The number of aromatic nitrogens is 3. The number of nitrogens with one attached hydrogen (secondary N) is 2. The second-order valence-electron chi connectivity index (χ2n) is 6.38. The van der Waals surface area contributed by atoms with E-state index in [0.717, 1.165) is 11.1 Å². The number of anilines is 2. The highest BCUT2D eigenvalue weighted by Gasteiger charge is 2.19. The van der Waals surface area contributed by atoms with Crippen LogP contribution in [0.3, 0.4) is 0 Å². The van der Waals surface area contributed by atoms with Crippen molar-refractivity contribution in [2.45, 2.75) is 20.0 Å². The largest absolute Gasteiger partial charge is 0.497 e. The number of hydrogen-bond donors (Lipinski definition) is 3. The Labute approximate surface area is 167 Å². The lowest BCUT2D eigenvalue weighted by atomic mass is 10.2. The fourth-order valence-corrected chi connectivity index (χ4v) is 2.69. The first-order valence-corrected chi connectivity index (χ1v) is 8.93. The number of benzene rings is 2. The molecule has 1 aromatic heterocycles. The summed E-state index contributed by atoms with van der Waals surface area (Å²) in [4.78, 5) is 24.7. The van der Waals surface area contributed by atoms with Crippen molar-refractivity contribution in [1.29, 1.82) is 0 Å². The molecule has 0 fully saturated rings. The van der Waals surface area contributed by atoms with E-state index in [2.05, 4.69) is 20.9 Å². The summed E-state index contributed by atoms with van der Waals surface area (Å²) in [6.07, 6.45) is 0. The molecule has 0 spiro atoms. The molecule has 4 N–H and O–H groups in total. The fourth-order valence-electron chi connectivity index (χ4n) is 2.69. The van der Waals surface area contributed by atoms with E-state index in [-0.39, 0.29) is 30.5 Å². The fraction of sp³-hybridized carbons (Fsp3) is 0.200. The number of methoxy groups -OCH3 is 1. The zero-order chi connectivity index (χ0) is 20.8. The normalized spacial score (nSPS) is 10.4. The molecule has 0 unspecified atom stereocenters. The summed E-state index contributed by atoms with van der Waals surface area (Å²) in [5, 5.41) is 13.2. The topological polar surface area (TPSA) is 124 Å². The number of carbonyl (C=O) groups is 2. The van der Waals surface area contributed by atoms with Crippen molar-refractivity contribution in [2.24, 2.45) is 0 Å². The Balaban J connectivity index is 1.61. The van der Waals surface area contributed by atoms with Gasteiger partial charge < -0.3 is 21.1 Å². The first kappa shape index (κ1) is 19.9. The van der Waals surface area contributed by atoms with Crippen molar-refractivity contribution in [1.82, 2.24) is 20.3 Å². The van der Waals surface area contributed by atoms with Gasteiger partial charge in [-0.05, 0) is 36.2 Å². The van der Waals surface area contributed by atoms with Gasteiger partial charge in [-0.1, -0.05) is 35.5 Å². The van der Waals surface area contributed by atoms with Crippen LogP contribution in [0.15, 0.2) is 48.5 Å². The van der Waals surface area contributed by atoms with Crippen LogP contribution in [0.5, 0.6) is 5.75 Å². The minimum Gasteiger partial charge on any atom is -0.497 e. The van der Waals surface area contributed by atoms with Crippen LogP contribution in [0, 0.1) is 6.92 Å². The Morgan fingerprint density at radius 2 is 1.97 bits per heavy atom. The van der Waals surface area contributed by atoms with Gasteiger partial charge in [0.05, 0.1) is 7.11 Å². The highest BCUT2D eigenvalue weighted by Crippen LogP contribution is 2.15. The Morgan fingerprint density at radius 3 is 2.72 bits per heavy atom. The third kappa shape index (κ3) is 4.89. The van der Waals surface area contributed by atoms with Gasteiger partial charge in [0, 0.05) is 12.2 Å². The average molecular weight is 394 g/mol. The minimum absolute atomic E-state index is 0.0214. The molecule has 1 heterocycles. The minimum atomic E-state index is -0.476. The molecule has 3 rings (SSSR count). The van der Waals surface area contributed by atoms with Crippen LogP contribution in [-0.2, 0) is 17.9 Å². The highest BCUT2D eigenvalue weighted by atomic mass is 16.5. The molecule has 3 aromatic rings. The molecule has 2 amide bonds. The number of hydrogen-bond acceptors (Lipinski definition) is 6. The molecule has 29 heavy (non-hydrogen) atoms. The number of nitrogen functional groups attached to an aromatic ring is 1. The lowest BCUT2D eigenvalue weighted by Gasteiger charge is -2.08. The number of ether oxygens (including phenoxy) is 1. The number of nitrogens with zero attached hydrogens (tertiary/aromatic N) is 3. The Hall–Kier alpha value is -3.88. The molecule has 9 nitrogen and oxygen atoms in total. The summed E-state index contributed by atoms with van der Waals surface area (Å²) in [5.41, 5.74) is 8.44. The monoisotopic (exact) mass is 394 g/mol. The first-order chi connectivity index (χ1) is 14.0. The predicted octanol–water partition coefficient (Wildman–Crippen LogP) is 1.75. The summed E-state index contributed by atoms with van der Waals surface area (Å²) < 4.78 is 6.35. The van der Waals surface area contributed by atoms with Crippen molar-refractivity contribution in [3.05, 3.63) is 65.4 Å². The van der Waals surface area contributed by atoms with Gasteiger partial charge in [0.25, 0.3) is 5.91 Å². The van der Waals surface area contributed by atoms with Crippen LogP contribution in [0.4, 0.5) is 11.5 Å². The highest BCUT2D eigenvalue weighted by molar-refractivity contribution is 5.97. The number of aryl methyl sites for hydroxylation is 1. The SMILES string of the molecule is COc1cccc(CNC(=O)c2nnn(CC(=O)Nc3ccccc3C)c2N)c1. The van der Waals surface area contributed by atoms with Gasteiger partial charge in [-0.15, -0.1) is 5.10 Å². The van der Waals surface area contributed by atoms with Gasteiger partial charge >= 0.3 is 0 Å². The second-order valence-corrected chi connectivity index (χ2v) is 6.38. The van der Waals surface area contributed by atoms with Crippen molar-refractivity contribution < 1.29 is 14.3 Å². The summed E-state index contributed by atoms with van der Waals surface area (Å²) >= 11 is 0. The zero-order valence-corrected chi connectivity index (χ0v) is 16.2. The van der Waals surface area contributed by atoms with Gasteiger partial charge in [-0.2, -0.15) is 0 Å². The molecule has 150 valence electrons. The van der Waals surface area contributed by atoms with Crippen LogP contribution in [0.2, 0.25) is 0 Å². The lowest BCUT2D eigenvalue weighted by Crippen LogP contribution is -2.25. The van der Waals surface area contributed by atoms with Gasteiger partial charge in [-0.25, -0.2) is 4.68 Å². The van der Waals surface area contributed by atoms with Gasteiger partial charge in [0.2, 0.25) is 5.91 Å². The van der Waals surface area contributed by atoms with Gasteiger partial charge in [-0.3, -0.25) is 9.59 Å². The average Bonchev–Trinajstić information content (AvgIpc) is 3.08. The number of para-hydroxylation sites is 1. The van der Waals surface area contributed by atoms with E-state index in [1.54, 1.807) is 13.2 Å². The molecule has 0 atom stereocenters. The van der Waals surface area contributed by atoms with Crippen LogP contribution in [0.25, 0.3) is 0 Å². The van der Waals surface area contributed by atoms with Crippen LogP contribution in [0.1, 0.15) is 21.6 Å². The second kappa shape index (κ2) is 8.87. The van der Waals surface area contributed by atoms with Crippen molar-refractivity contribution >= 4 is 23.3 Å². The smallest absolute Gasteiger partial charge is 0.275 e. The molecule has 0 saturated carbocycles. The van der Waals surface area contributed by atoms with Gasteiger partial charge in [0.15, 0.2) is 11.5 Å². The van der Waals surface area contributed by atoms with Crippen LogP contribution in [-0.4, -0.2) is 33.9 Å². The molecule has 2 aromatic carbocycles. The van der Waals surface area contributed by atoms with Crippen molar-refractivity contribution in [3.8, 4) is 5.75 Å². The molecule has 0 bridgehead atoms. The number of carbonyl (C=O) groups excluding carboxylic acids is 2. The molecule has 0 radical (unpaired) electrons. The Bertz CT molecular complexity index is 1030. The standard InChI is InChI=1S/C20H22N6O3/c1-13-6-3-4-9-16(13)23-17(27)12-26-19(21)18(24-25-26)20(28)22-11-14-7-5-8-15(10-14)29-2/h3-10H,11-12,21H2,1-2H3,(H,22,28)(H,23,27). The summed E-state index contributed by atoms with van der Waals surface area (Å²) in [6.45, 7) is 2.01. The van der Waals surface area contributed by atoms with E-state index in [4.69, 9.17) is 10.5 Å². The Kier molecular flexibility index (Phi) is 6.08. The summed E-state index contributed by atoms with van der Waals surface area (Å²) in [6, 6.07) is 14.7. The maximum absolute atomic E-state index is 12.4. The van der Waals surface area contributed by atoms with Gasteiger partial charge in [0.1, 0.15) is 12.3 Å². The zero-order valence-electron chi connectivity index (χ0n) is 16.2. The lowest BCUT2D eigenvalue weighted by molar-refractivity contribution is -0.116. The summed E-state index contributed by atoms with van der Waals surface area (Å²) in [7, 11) is 1.58. The van der Waals surface area contributed by atoms with E-state index in [0.29, 0.717) is 11.4 Å².